The van der Waals surface area contributed by atoms with Crippen LogP contribution in [-0.4, -0.2) is 16.9 Å². The predicted octanol–water partition coefficient (Wildman–Crippen LogP) is 4.73. The molecule has 2 aromatic carbocycles. The number of rotatable bonds is 6. The highest BCUT2D eigenvalue weighted by atomic mass is 19.1. The van der Waals surface area contributed by atoms with Crippen LogP contribution in [-0.2, 0) is 6.61 Å². The Morgan fingerprint density at radius 2 is 1.89 bits per heavy atom. The van der Waals surface area contributed by atoms with E-state index in [1.807, 2.05) is 12.1 Å². The van der Waals surface area contributed by atoms with Crippen LogP contribution in [0.4, 0.5) is 4.39 Å². The molecule has 28 heavy (non-hydrogen) atoms. The van der Waals surface area contributed by atoms with Gasteiger partial charge in [0.1, 0.15) is 11.6 Å². The third kappa shape index (κ3) is 4.22. The molecule has 6 heteroatoms. The van der Waals surface area contributed by atoms with Crippen LogP contribution >= 0.6 is 0 Å². The van der Waals surface area contributed by atoms with Gasteiger partial charge in [0.15, 0.2) is 12.4 Å². The van der Waals surface area contributed by atoms with Crippen LogP contribution in [0.2, 0.25) is 0 Å². The van der Waals surface area contributed by atoms with Crippen molar-refractivity contribution in [2.75, 3.05) is 0 Å². The highest BCUT2D eigenvalue weighted by Crippen LogP contribution is 2.24. The molecule has 1 N–H and O–H groups in total. The second-order valence-corrected chi connectivity index (χ2v) is 6.86. The number of halogens is 1. The van der Waals surface area contributed by atoms with Gasteiger partial charge in [-0.15, -0.1) is 0 Å². The van der Waals surface area contributed by atoms with E-state index in [0.29, 0.717) is 23.0 Å². The van der Waals surface area contributed by atoms with E-state index in [0.717, 1.165) is 31.2 Å². The van der Waals surface area contributed by atoms with Crippen LogP contribution in [0.3, 0.4) is 0 Å². The zero-order valence-corrected chi connectivity index (χ0v) is 15.4. The number of hydrogen-bond acceptors (Lipinski definition) is 4. The first-order valence-electron chi connectivity index (χ1n) is 9.42. The molecule has 0 aliphatic heterocycles. The van der Waals surface area contributed by atoms with E-state index in [9.17, 15) is 9.18 Å². The normalized spacial score (nSPS) is 14.2. The van der Waals surface area contributed by atoms with Crippen molar-refractivity contribution >= 4 is 5.91 Å². The molecular weight excluding hydrogens is 359 g/mol. The van der Waals surface area contributed by atoms with Crippen molar-refractivity contribution in [3.05, 3.63) is 72.0 Å². The summed E-state index contributed by atoms with van der Waals surface area (Å²) in [6.07, 6.45) is 5.94. The smallest absolute Gasteiger partial charge is 0.255 e. The SMILES string of the molecule is O=C(NC1CCCC1)c1ccccc1OCc1ncc(-c2ccc(F)cc2)o1. The molecule has 1 aliphatic rings. The summed E-state index contributed by atoms with van der Waals surface area (Å²) in [5.74, 6) is 0.969. The molecule has 1 heterocycles. The molecule has 1 aromatic heterocycles. The molecule has 0 bridgehead atoms. The lowest BCUT2D eigenvalue weighted by Gasteiger charge is -2.14. The van der Waals surface area contributed by atoms with E-state index in [-0.39, 0.29) is 24.4 Å². The Bertz CT molecular complexity index is 946. The van der Waals surface area contributed by atoms with Crippen molar-refractivity contribution in [2.24, 2.45) is 0 Å². The van der Waals surface area contributed by atoms with Gasteiger partial charge in [-0.2, -0.15) is 0 Å². The summed E-state index contributed by atoms with van der Waals surface area (Å²) in [6.45, 7) is 0.0922. The Labute approximate surface area is 162 Å². The topological polar surface area (TPSA) is 64.4 Å². The number of amides is 1. The molecule has 0 spiro atoms. The fourth-order valence-electron chi connectivity index (χ4n) is 3.38. The number of ether oxygens (including phenoxy) is 1. The molecule has 0 atom stereocenters. The second kappa shape index (κ2) is 8.25. The third-order valence-electron chi connectivity index (χ3n) is 4.86. The van der Waals surface area contributed by atoms with E-state index >= 15 is 0 Å². The first kappa shape index (κ1) is 18.2. The van der Waals surface area contributed by atoms with Gasteiger partial charge in [-0.3, -0.25) is 4.79 Å². The van der Waals surface area contributed by atoms with Crippen LogP contribution in [0.1, 0.15) is 41.9 Å². The summed E-state index contributed by atoms with van der Waals surface area (Å²) in [5, 5.41) is 3.08. The summed E-state index contributed by atoms with van der Waals surface area (Å²) in [6, 6.07) is 13.4. The highest BCUT2D eigenvalue weighted by Gasteiger charge is 2.20. The average molecular weight is 380 g/mol. The average Bonchev–Trinajstić information content (AvgIpc) is 3.39. The Kier molecular flexibility index (Phi) is 5.37. The Balaban J connectivity index is 1.42. The van der Waals surface area contributed by atoms with Crippen molar-refractivity contribution in [3.8, 4) is 17.1 Å². The Hall–Kier alpha value is -3.15. The van der Waals surface area contributed by atoms with E-state index in [1.54, 1.807) is 30.5 Å². The maximum atomic E-state index is 13.0. The maximum absolute atomic E-state index is 13.0. The van der Waals surface area contributed by atoms with Gasteiger partial charge in [-0.05, 0) is 49.2 Å². The molecule has 1 aliphatic carbocycles. The third-order valence-corrected chi connectivity index (χ3v) is 4.86. The molecule has 0 radical (unpaired) electrons. The Morgan fingerprint density at radius 1 is 1.14 bits per heavy atom. The van der Waals surface area contributed by atoms with Crippen molar-refractivity contribution in [2.45, 2.75) is 38.3 Å². The van der Waals surface area contributed by atoms with E-state index in [1.165, 1.54) is 12.1 Å². The van der Waals surface area contributed by atoms with Crippen molar-refractivity contribution in [1.82, 2.24) is 10.3 Å². The molecule has 1 amide bonds. The minimum Gasteiger partial charge on any atom is -0.483 e. The van der Waals surface area contributed by atoms with Crippen molar-refractivity contribution in [1.29, 1.82) is 0 Å². The number of carbonyl (C=O) groups excluding carboxylic acids is 1. The van der Waals surface area contributed by atoms with E-state index in [4.69, 9.17) is 9.15 Å². The largest absolute Gasteiger partial charge is 0.483 e. The second-order valence-electron chi connectivity index (χ2n) is 6.86. The number of aromatic nitrogens is 1. The molecule has 144 valence electrons. The summed E-state index contributed by atoms with van der Waals surface area (Å²) in [5.41, 5.74) is 1.23. The van der Waals surface area contributed by atoms with Crippen LogP contribution in [0.15, 0.2) is 59.1 Å². The molecule has 1 fully saturated rings. The van der Waals surface area contributed by atoms with Crippen LogP contribution in [0, 0.1) is 5.82 Å². The summed E-state index contributed by atoms with van der Waals surface area (Å²) in [7, 11) is 0. The number of para-hydroxylation sites is 1. The summed E-state index contributed by atoms with van der Waals surface area (Å²) < 4.78 is 24.5. The minimum atomic E-state index is -0.306. The van der Waals surface area contributed by atoms with Crippen LogP contribution < -0.4 is 10.1 Å². The quantitative estimate of drug-likeness (QED) is 0.671. The lowest BCUT2D eigenvalue weighted by molar-refractivity contribution is 0.0932. The first-order chi connectivity index (χ1) is 13.7. The number of hydrogen-bond donors (Lipinski definition) is 1. The molecule has 3 aromatic rings. The van der Waals surface area contributed by atoms with Gasteiger partial charge in [0.05, 0.1) is 11.8 Å². The summed E-state index contributed by atoms with van der Waals surface area (Å²) in [4.78, 5) is 16.8. The molecular formula is C22H21FN2O3. The first-order valence-corrected chi connectivity index (χ1v) is 9.42. The van der Waals surface area contributed by atoms with Crippen LogP contribution in [0.5, 0.6) is 5.75 Å². The van der Waals surface area contributed by atoms with Gasteiger partial charge in [0.2, 0.25) is 5.89 Å². The lowest BCUT2D eigenvalue weighted by atomic mass is 10.1. The van der Waals surface area contributed by atoms with Crippen molar-refractivity contribution in [3.63, 3.8) is 0 Å². The van der Waals surface area contributed by atoms with Gasteiger partial charge in [0.25, 0.3) is 5.91 Å². The van der Waals surface area contributed by atoms with Gasteiger partial charge in [0, 0.05) is 11.6 Å². The maximum Gasteiger partial charge on any atom is 0.255 e. The number of nitrogens with one attached hydrogen (secondary N) is 1. The monoisotopic (exact) mass is 380 g/mol. The molecule has 4 rings (SSSR count). The Morgan fingerprint density at radius 3 is 2.68 bits per heavy atom. The minimum absolute atomic E-state index is 0.0922. The number of benzene rings is 2. The number of carbonyl (C=O) groups is 1. The van der Waals surface area contributed by atoms with E-state index in [2.05, 4.69) is 10.3 Å². The zero-order valence-electron chi connectivity index (χ0n) is 15.4. The fourth-order valence-corrected chi connectivity index (χ4v) is 3.38. The van der Waals surface area contributed by atoms with E-state index < -0.39 is 0 Å². The molecule has 1 saturated carbocycles. The highest BCUT2D eigenvalue weighted by molar-refractivity contribution is 5.97. The van der Waals surface area contributed by atoms with Gasteiger partial charge < -0.3 is 14.5 Å². The van der Waals surface area contributed by atoms with Crippen LogP contribution in [0.25, 0.3) is 11.3 Å². The van der Waals surface area contributed by atoms with Gasteiger partial charge in [-0.25, -0.2) is 9.37 Å². The fraction of sp³-hybridized carbons (Fsp3) is 0.273. The predicted molar refractivity (Wildman–Crippen MR) is 102 cm³/mol. The zero-order chi connectivity index (χ0) is 19.3. The standard InChI is InChI=1S/C22H21FN2O3/c23-16-11-9-15(10-12-16)20-13-24-21(28-20)14-27-19-8-4-3-7-18(19)22(26)25-17-5-1-2-6-17/h3-4,7-13,17H,1-2,5-6,14H2,(H,25,26). The van der Waals surface area contributed by atoms with Crippen molar-refractivity contribution < 1.29 is 18.3 Å². The van der Waals surface area contributed by atoms with Gasteiger partial charge >= 0.3 is 0 Å². The van der Waals surface area contributed by atoms with Gasteiger partial charge in [-0.1, -0.05) is 25.0 Å². The number of oxazole rings is 1. The number of nitrogens with zero attached hydrogens (tertiary/aromatic N) is 1. The lowest BCUT2D eigenvalue weighted by Crippen LogP contribution is -2.32. The molecule has 0 saturated heterocycles. The molecule has 5 nitrogen and oxygen atoms in total. The molecule has 0 unspecified atom stereocenters. The summed E-state index contributed by atoms with van der Waals surface area (Å²) >= 11 is 0.